The number of piperazine rings is 1. The van der Waals surface area contributed by atoms with Crippen LogP contribution in [0.5, 0.6) is 0 Å². The highest BCUT2D eigenvalue weighted by Gasteiger charge is 2.26. The third kappa shape index (κ3) is 7.68. The summed E-state index contributed by atoms with van der Waals surface area (Å²) in [7, 11) is 0. The molecule has 0 saturated carbocycles. The van der Waals surface area contributed by atoms with Gasteiger partial charge in [-0.1, -0.05) is 60.7 Å². The van der Waals surface area contributed by atoms with Crippen molar-refractivity contribution in [2.24, 2.45) is 0 Å². The maximum Gasteiger partial charge on any atom is 0.162 e. The average Bonchev–Trinajstić information content (AvgIpc) is 3.98. The average molecular weight is 870 g/mol. The number of anilines is 2. The summed E-state index contributed by atoms with van der Waals surface area (Å²) < 4.78 is 19.9. The normalized spacial score (nSPS) is 19.2. The van der Waals surface area contributed by atoms with Crippen molar-refractivity contribution in [1.29, 1.82) is 0 Å². The first-order chi connectivity index (χ1) is 33.2. The summed E-state index contributed by atoms with van der Waals surface area (Å²) in [5.41, 5.74) is 13.6. The maximum absolute atomic E-state index is 8.13. The highest BCUT2D eigenvalue weighted by atomic mass is 15.3. The Balaban J connectivity index is 0.000000149. The molecule has 12 rings (SSSR count). The van der Waals surface area contributed by atoms with Gasteiger partial charge in [0.2, 0.25) is 0 Å². The van der Waals surface area contributed by atoms with Gasteiger partial charge in [0.25, 0.3) is 0 Å². The zero-order chi connectivity index (χ0) is 46.5. The molecule has 2 aliphatic heterocycles. The standard InChI is InChI=1S/C28H27N5.C27H26N6/c1-19-6-5-7-20(2)33(19)23-12-10-21(11-13-23)22-16-30-28-26(17-31-32(28)18-22)24-14-15-29-27-9-4-3-8-25(24)27;1-18-13-28-14-19(2)33(18)22-9-7-20(8-10-22)21-15-30-27-25(16-31-32(27)17-21)23-11-12-29-26-6-4-3-5-24(23)26/h3-4,8-20H,5-7H2,1-2H3;3-12,15-19,28H,13-14H2,1-2H3/t19-,20+;18-,19+/i15D;12D. The van der Waals surface area contributed by atoms with Crippen molar-refractivity contribution >= 4 is 44.5 Å². The molecule has 2 saturated heterocycles. The number of rotatable bonds is 6. The van der Waals surface area contributed by atoms with E-state index in [0.717, 1.165) is 90.7 Å². The second-order valence-electron chi connectivity index (χ2n) is 17.9. The van der Waals surface area contributed by atoms with Crippen molar-refractivity contribution in [3.05, 3.63) is 159 Å². The van der Waals surface area contributed by atoms with Crippen LogP contribution in [0.1, 0.15) is 49.7 Å². The molecule has 2 aliphatic rings. The lowest BCUT2D eigenvalue weighted by Gasteiger charge is -2.41. The van der Waals surface area contributed by atoms with Crippen molar-refractivity contribution < 1.29 is 2.74 Å². The van der Waals surface area contributed by atoms with E-state index < -0.39 is 0 Å². The smallest absolute Gasteiger partial charge is 0.162 e. The number of hydrogen-bond acceptors (Lipinski definition) is 9. The Labute approximate surface area is 387 Å². The zero-order valence-electron chi connectivity index (χ0n) is 39.7. The van der Waals surface area contributed by atoms with Crippen LogP contribution in [0.4, 0.5) is 11.4 Å². The molecule has 0 aliphatic carbocycles. The second-order valence-corrected chi connectivity index (χ2v) is 17.9. The summed E-state index contributed by atoms with van der Waals surface area (Å²) in [6.07, 6.45) is 15.8. The first-order valence-corrected chi connectivity index (χ1v) is 23.1. The minimum Gasteiger partial charge on any atom is -0.366 e. The van der Waals surface area contributed by atoms with E-state index in [1.165, 1.54) is 30.6 Å². The molecule has 66 heavy (non-hydrogen) atoms. The summed E-state index contributed by atoms with van der Waals surface area (Å²) in [6, 6.07) is 38.9. The summed E-state index contributed by atoms with van der Waals surface area (Å²) in [5.74, 6) is 0. The minimum absolute atomic E-state index is 0.234. The molecule has 2 fully saturated rings. The van der Waals surface area contributed by atoms with Crippen molar-refractivity contribution in [3.8, 4) is 44.5 Å². The van der Waals surface area contributed by atoms with Crippen molar-refractivity contribution in [2.75, 3.05) is 22.9 Å². The summed E-state index contributed by atoms with van der Waals surface area (Å²) in [4.78, 5) is 23.3. The molecule has 328 valence electrons. The minimum atomic E-state index is 0.234. The number of pyridine rings is 2. The highest BCUT2D eigenvalue weighted by molar-refractivity contribution is 5.98. The predicted octanol–water partition coefficient (Wildman–Crippen LogP) is 11.2. The van der Waals surface area contributed by atoms with Gasteiger partial charge < -0.3 is 15.1 Å². The number of fused-ring (bicyclic) bond motifs is 4. The first kappa shape index (κ1) is 38.9. The Morgan fingerprint density at radius 3 is 1.38 bits per heavy atom. The lowest BCUT2D eigenvalue weighted by Crippen LogP contribution is -2.55. The molecule has 0 spiro atoms. The van der Waals surface area contributed by atoms with Crippen molar-refractivity contribution in [3.63, 3.8) is 0 Å². The molecular formula is C55H53N11. The summed E-state index contributed by atoms with van der Waals surface area (Å²) in [6.45, 7) is 11.2. The topological polar surface area (TPSA) is 105 Å². The largest absolute Gasteiger partial charge is 0.366 e. The third-order valence-electron chi connectivity index (χ3n) is 13.5. The molecule has 0 unspecified atom stereocenters. The van der Waals surface area contributed by atoms with Crippen molar-refractivity contribution in [2.45, 2.75) is 71.1 Å². The zero-order valence-corrected chi connectivity index (χ0v) is 37.7. The molecule has 0 radical (unpaired) electrons. The molecule has 11 heteroatoms. The first-order valence-electron chi connectivity index (χ1n) is 24.1. The number of aromatic nitrogens is 8. The molecule has 0 amide bonds. The van der Waals surface area contributed by atoms with Crippen LogP contribution in [0.15, 0.2) is 159 Å². The summed E-state index contributed by atoms with van der Waals surface area (Å²) >= 11 is 0. The number of para-hydroxylation sites is 2. The van der Waals surface area contributed by atoms with E-state index in [-0.39, 0.29) is 12.3 Å². The summed E-state index contributed by atoms with van der Waals surface area (Å²) in [5, 5.41) is 14.7. The maximum atomic E-state index is 8.13. The molecule has 4 atom stereocenters. The fraction of sp³-hybridized carbons (Fsp3) is 0.236. The molecule has 10 aromatic rings. The fourth-order valence-corrected chi connectivity index (χ4v) is 10.2. The van der Waals surface area contributed by atoms with Crippen LogP contribution in [0, 0.1) is 0 Å². The molecule has 0 bridgehead atoms. The van der Waals surface area contributed by atoms with Gasteiger partial charge in [-0.25, -0.2) is 19.0 Å². The van der Waals surface area contributed by atoms with Gasteiger partial charge in [-0.05, 0) is 118 Å². The highest BCUT2D eigenvalue weighted by Crippen LogP contribution is 2.35. The van der Waals surface area contributed by atoms with Crippen molar-refractivity contribution in [1.82, 2.24) is 44.5 Å². The Hall–Kier alpha value is -7.50. The third-order valence-corrected chi connectivity index (χ3v) is 13.5. The number of nitrogens with one attached hydrogen (secondary N) is 1. The van der Waals surface area contributed by atoms with E-state index in [0.29, 0.717) is 24.2 Å². The van der Waals surface area contributed by atoms with Crippen LogP contribution in [0.25, 0.3) is 77.6 Å². The Morgan fingerprint density at radius 2 is 0.909 bits per heavy atom. The Bertz CT molecular complexity index is 3190. The predicted molar refractivity (Wildman–Crippen MR) is 268 cm³/mol. The van der Waals surface area contributed by atoms with Crippen LogP contribution >= 0.6 is 0 Å². The molecule has 11 nitrogen and oxygen atoms in total. The Morgan fingerprint density at radius 1 is 0.470 bits per heavy atom. The lowest BCUT2D eigenvalue weighted by atomic mass is 9.96. The number of benzene rings is 4. The quantitative estimate of drug-likeness (QED) is 0.175. The van der Waals surface area contributed by atoms with E-state index in [2.05, 4.69) is 112 Å². The molecular weight excluding hydrogens is 815 g/mol. The SMILES string of the molecule is [2H]c1cc(-c2cnn3cc(-c4ccc(N5[C@H](C)CCC[C@@H]5C)cc4)cnc23)c2ccccc2n1.[2H]c1cc(-c2cnn3cc(-c4ccc(N5[C@H](C)CNC[C@@H]5C)cc4)cnc23)c2ccccc2n1. The van der Waals surface area contributed by atoms with Gasteiger partial charge in [-0.15, -0.1) is 0 Å². The number of piperidine rings is 1. The van der Waals surface area contributed by atoms with Crippen LogP contribution < -0.4 is 15.1 Å². The second kappa shape index (κ2) is 17.5. The number of nitrogens with zero attached hydrogens (tertiary/aromatic N) is 10. The van der Waals surface area contributed by atoms with Gasteiger partial charge in [0.1, 0.15) is 0 Å². The van der Waals surface area contributed by atoms with Gasteiger partial charge in [0.15, 0.2) is 11.3 Å². The van der Waals surface area contributed by atoms with Crippen LogP contribution in [0.3, 0.4) is 0 Å². The van der Waals surface area contributed by atoms with Crippen LogP contribution in [-0.4, -0.2) is 76.4 Å². The van der Waals surface area contributed by atoms with E-state index in [1.807, 2.05) is 94.7 Å². The molecule has 4 aromatic carbocycles. The van der Waals surface area contributed by atoms with E-state index in [9.17, 15) is 0 Å². The fourth-order valence-electron chi connectivity index (χ4n) is 10.2. The molecule has 1 N–H and O–H groups in total. The van der Waals surface area contributed by atoms with Gasteiger partial charge in [-0.2, -0.15) is 10.2 Å². The Kier molecular flexibility index (Phi) is 10.3. The van der Waals surface area contributed by atoms with Crippen LogP contribution in [0.2, 0.25) is 0 Å². The molecule has 8 heterocycles. The van der Waals surface area contributed by atoms with E-state index in [4.69, 9.17) is 12.7 Å². The van der Waals surface area contributed by atoms with Gasteiger partial charge >= 0.3 is 0 Å². The van der Waals surface area contributed by atoms with Crippen LogP contribution in [-0.2, 0) is 0 Å². The van der Waals surface area contributed by atoms with Gasteiger partial charge in [0.05, 0.1) is 26.2 Å². The van der Waals surface area contributed by atoms with Gasteiger partial charge in [-0.3, -0.25) is 9.97 Å². The lowest BCUT2D eigenvalue weighted by molar-refractivity contribution is 0.414. The van der Waals surface area contributed by atoms with E-state index >= 15 is 0 Å². The molecule has 6 aromatic heterocycles. The monoisotopic (exact) mass is 869 g/mol. The number of hydrogen-bond donors (Lipinski definition) is 1. The van der Waals surface area contributed by atoms with Gasteiger partial charge in [0, 0.05) is 119 Å². The van der Waals surface area contributed by atoms with E-state index in [1.54, 1.807) is 12.1 Å².